The first kappa shape index (κ1) is 44.9. The Labute approximate surface area is 325 Å². The van der Waals surface area contributed by atoms with Crippen molar-refractivity contribution in [1.29, 1.82) is 0 Å². The number of aliphatic hydroxyl groups excluding tert-OH is 4. The van der Waals surface area contributed by atoms with E-state index in [9.17, 15) is 44.7 Å². The maximum Gasteiger partial charge on any atom is 0.329 e. The van der Waals surface area contributed by atoms with Gasteiger partial charge in [0.25, 0.3) is 11.7 Å². The number of cyclic esters (lactones) is 1. The molecule has 1 unspecified atom stereocenters. The highest BCUT2D eigenvalue weighted by molar-refractivity contribution is 6.39. The molecule has 3 aliphatic heterocycles. The molecule has 13 atom stereocenters. The second kappa shape index (κ2) is 20.6. The van der Waals surface area contributed by atoms with Crippen molar-refractivity contribution < 1.29 is 58.9 Å². The molecule has 1 saturated carbocycles. The Balaban J connectivity index is 1.73. The molecule has 4 rings (SSSR count). The minimum atomic E-state index is -2.50. The first-order valence-electron chi connectivity index (χ1n) is 20.3. The molecule has 0 radical (unpaired) electrons. The zero-order valence-electron chi connectivity index (χ0n) is 33.1. The van der Waals surface area contributed by atoms with E-state index in [1.165, 1.54) is 7.11 Å². The van der Waals surface area contributed by atoms with Crippen LogP contribution in [0.25, 0.3) is 0 Å². The molecule has 0 aromatic rings. The third-order valence-corrected chi connectivity index (χ3v) is 12.3. The number of ether oxygens (including phenoxy) is 3. The van der Waals surface area contributed by atoms with E-state index in [4.69, 9.17) is 14.2 Å². The lowest BCUT2D eigenvalue weighted by Crippen LogP contribution is -2.60. The van der Waals surface area contributed by atoms with E-state index in [1.54, 1.807) is 19.1 Å². The van der Waals surface area contributed by atoms with E-state index in [2.05, 4.69) is 6.58 Å². The zero-order valence-corrected chi connectivity index (χ0v) is 33.1. The maximum atomic E-state index is 14.1. The standard InChI is InChI=1S/C42H65NO12/c1-6-9-29-19-25(2)18-26(3)20-37(53-5)38-30(23-44)15-16-42(52,55-38)39(49)40(50)43-17-8-7-10-32(43)41(51)54-36(27(4)34(47)22-35(29)48)14-12-28-11-13-33(46)31(21-28)24-45/h6,12,14,19,25-28,30-34,36-38,44-47,52H,1,7-11,13,15-18,20-24H2,2-5H3/b14-12?,29-19+/t25?,26-,27+,28-,30+,31-,32-,33+,34-,36+,37-,38-,42+/m0/s1. The predicted molar refractivity (Wildman–Crippen MR) is 203 cm³/mol. The fraction of sp³-hybridized carbons (Fsp3) is 0.762. The van der Waals surface area contributed by atoms with Gasteiger partial charge < -0.3 is 44.6 Å². The summed E-state index contributed by atoms with van der Waals surface area (Å²) in [6.07, 6.45) is 6.67. The number of amides is 1. The average Bonchev–Trinajstić information content (AvgIpc) is 3.17. The lowest BCUT2D eigenvalue weighted by atomic mass is 9.79. The molecule has 2 saturated heterocycles. The monoisotopic (exact) mass is 775 g/mol. The molecule has 5 N–H and O–H groups in total. The molecular formula is C42H65NO12. The van der Waals surface area contributed by atoms with Crippen LogP contribution in [0.2, 0.25) is 0 Å². The average molecular weight is 776 g/mol. The number of methoxy groups -OCH3 is 1. The maximum absolute atomic E-state index is 14.1. The van der Waals surface area contributed by atoms with Gasteiger partial charge in [-0.2, -0.15) is 0 Å². The Morgan fingerprint density at radius 1 is 0.945 bits per heavy atom. The third kappa shape index (κ3) is 11.4. The second-order valence-corrected chi connectivity index (χ2v) is 16.6. The second-order valence-electron chi connectivity index (χ2n) is 16.6. The molecule has 310 valence electrons. The lowest BCUT2D eigenvalue weighted by Gasteiger charge is -2.44. The largest absolute Gasteiger partial charge is 0.456 e. The number of hydrogen-bond acceptors (Lipinski definition) is 12. The van der Waals surface area contributed by atoms with Gasteiger partial charge in [-0.25, -0.2) is 4.79 Å². The van der Waals surface area contributed by atoms with E-state index in [0.717, 1.165) is 4.90 Å². The fourth-order valence-electron chi connectivity index (χ4n) is 8.90. The van der Waals surface area contributed by atoms with Crippen molar-refractivity contribution in [3.63, 3.8) is 0 Å². The van der Waals surface area contributed by atoms with Gasteiger partial charge in [0.15, 0.2) is 5.78 Å². The Morgan fingerprint density at radius 3 is 2.35 bits per heavy atom. The van der Waals surface area contributed by atoms with Gasteiger partial charge in [0.05, 0.1) is 24.4 Å². The first-order chi connectivity index (χ1) is 26.2. The van der Waals surface area contributed by atoms with E-state index >= 15 is 0 Å². The normalized spacial score (nSPS) is 40.5. The number of esters is 1. The summed E-state index contributed by atoms with van der Waals surface area (Å²) in [7, 11) is 1.49. The molecule has 1 aliphatic carbocycles. The van der Waals surface area contributed by atoms with Crippen molar-refractivity contribution in [2.45, 2.75) is 140 Å². The molecule has 2 bridgehead atoms. The quantitative estimate of drug-likeness (QED) is 0.144. The highest BCUT2D eigenvalue weighted by atomic mass is 16.6. The molecule has 55 heavy (non-hydrogen) atoms. The Morgan fingerprint density at radius 2 is 1.67 bits per heavy atom. The molecule has 4 aliphatic rings. The van der Waals surface area contributed by atoms with Crippen LogP contribution in [-0.2, 0) is 33.4 Å². The van der Waals surface area contributed by atoms with Crippen LogP contribution in [0, 0.1) is 35.5 Å². The third-order valence-electron chi connectivity index (χ3n) is 12.3. The number of Topliss-reactive ketones (excluding diaryl/α,β-unsaturated/α-hetero) is 2. The van der Waals surface area contributed by atoms with E-state index in [-0.39, 0.29) is 74.9 Å². The van der Waals surface area contributed by atoms with Crippen LogP contribution in [0.3, 0.4) is 0 Å². The lowest BCUT2D eigenvalue weighted by molar-refractivity contribution is -0.274. The summed E-state index contributed by atoms with van der Waals surface area (Å²) in [5.74, 6) is -7.48. The van der Waals surface area contributed by atoms with Crippen LogP contribution in [0.15, 0.2) is 36.5 Å². The molecule has 0 spiro atoms. The number of carbonyl (C=O) groups is 4. The summed E-state index contributed by atoms with van der Waals surface area (Å²) in [6.45, 7) is 9.14. The fourth-order valence-corrected chi connectivity index (χ4v) is 8.90. The Bertz CT molecular complexity index is 1400. The molecular weight excluding hydrogens is 710 g/mol. The molecule has 13 nitrogen and oxygen atoms in total. The van der Waals surface area contributed by atoms with Crippen molar-refractivity contribution in [3.05, 3.63) is 36.5 Å². The van der Waals surface area contributed by atoms with Gasteiger partial charge in [0, 0.05) is 57.5 Å². The zero-order chi connectivity index (χ0) is 40.4. The van der Waals surface area contributed by atoms with Crippen molar-refractivity contribution >= 4 is 23.4 Å². The van der Waals surface area contributed by atoms with Crippen molar-refractivity contribution in [1.82, 2.24) is 4.90 Å². The van der Waals surface area contributed by atoms with Gasteiger partial charge in [-0.1, -0.05) is 39.0 Å². The summed E-state index contributed by atoms with van der Waals surface area (Å²) in [5.41, 5.74) is 0.505. The smallest absolute Gasteiger partial charge is 0.329 e. The summed E-state index contributed by atoms with van der Waals surface area (Å²) in [6, 6.07) is -1.16. The van der Waals surface area contributed by atoms with Crippen LogP contribution in [0.1, 0.15) is 97.8 Å². The number of piperidine rings is 1. The number of fused-ring (bicyclic) bond motifs is 3. The van der Waals surface area contributed by atoms with Crippen LogP contribution in [-0.4, -0.2) is 123 Å². The van der Waals surface area contributed by atoms with E-state index in [1.807, 2.05) is 26.0 Å². The van der Waals surface area contributed by atoms with Crippen molar-refractivity contribution in [2.75, 3.05) is 26.9 Å². The summed E-state index contributed by atoms with van der Waals surface area (Å²) < 4.78 is 18.0. The Kier molecular flexibility index (Phi) is 16.8. The number of ketones is 2. The number of nitrogens with zero attached hydrogens (tertiary/aromatic N) is 1. The van der Waals surface area contributed by atoms with Gasteiger partial charge >= 0.3 is 5.97 Å². The molecule has 1 amide bonds. The Hall–Kier alpha value is -2.78. The highest BCUT2D eigenvalue weighted by Gasteiger charge is 2.52. The minimum Gasteiger partial charge on any atom is -0.456 e. The van der Waals surface area contributed by atoms with Crippen LogP contribution in [0.4, 0.5) is 0 Å². The van der Waals surface area contributed by atoms with Crippen LogP contribution < -0.4 is 0 Å². The number of carbonyl (C=O) groups excluding carboxylic acids is 4. The topological polar surface area (TPSA) is 200 Å². The minimum absolute atomic E-state index is 0.0104. The van der Waals surface area contributed by atoms with Crippen molar-refractivity contribution in [2.24, 2.45) is 35.5 Å². The number of hydrogen-bond donors (Lipinski definition) is 5. The number of rotatable bonds is 7. The van der Waals surface area contributed by atoms with Crippen molar-refractivity contribution in [3.8, 4) is 0 Å². The van der Waals surface area contributed by atoms with E-state index in [0.29, 0.717) is 56.9 Å². The van der Waals surface area contributed by atoms with Gasteiger partial charge in [0.1, 0.15) is 12.1 Å². The highest BCUT2D eigenvalue weighted by Crippen LogP contribution is 2.37. The predicted octanol–water partition coefficient (Wildman–Crippen LogP) is 3.19. The summed E-state index contributed by atoms with van der Waals surface area (Å²) >= 11 is 0. The van der Waals surface area contributed by atoms with Gasteiger partial charge in [-0.15, -0.1) is 6.58 Å². The molecule has 3 fully saturated rings. The van der Waals surface area contributed by atoms with Gasteiger partial charge in [0.2, 0.25) is 5.79 Å². The van der Waals surface area contributed by atoms with Gasteiger partial charge in [-0.05, 0) is 93.6 Å². The molecule has 3 heterocycles. The number of allylic oxidation sites excluding steroid dienone is 4. The summed E-state index contributed by atoms with van der Waals surface area (Å²) in [4.78, 5) is 56.8. The van der Waals surface area contributed by atoms with E-state index < -0.39 is 71.8 Å². The molecule has 0 aromatic heterocycles. The molecule has 0 aromatic carbocycles. The number of aliphatic hydroxyl groups is 5. The first-order valence-corrected chi connectivity index (χ1v) is 20.3. The SMILES string of the molecule is C=CC/C1=C\C(C)C[C@H](C)C[C@H](OC)[C@H]2O[C@](O)(CC[C@@H]2CO)C(=O)C(=O)N2CCCC[C@H]2C(=O)O[C@H](C=C[C@@H]2CC[C@@H](O)[C@H](CO)C2)[C@H](C)[C@@H](O)CC1=O. The van der Waals surface area contributed by atoms with Crippen LogP contribution >= 0.6 is 0 Å². The van der Waals surface area contributed by atoms with Crippen LogP contribution in [0.5, 0.6) is 0 Å². The summed E-state index contributed by atoms with van der Waals surface area (Å²) in [5, 5.41) is 53.6. The van der Waals surface area contributed by atoms with Gasteiger partial charge in [-0.3, -0.25) is 14.4 Å². The molecule has 13 heteroatoms.